The Morgan fingerprint density at radius 3 is 3.00 bits per heavy atom. The number of nitrogens with two attached hydrogens (primary N) is 1. The van der Waals surface area contributed by atoms with Gasteiger partial charge in [-0.2, -0.15) is 9.61 Å². The zero-order valence-electron chi connectivity index (χ0n) is 12.5. The summed E-state index contributed by atoms with van der Waals surface area (Å²) in [5.41, 5.74) is 8.65. The molecule has 0 fully saturated rings. The van der Waals surface area contributed by atoms with Crippen molar-refractivity contribution in [1.29, 1.82) is 0 Å². The summed E-state index contributed by atoms with van der Waals surface area (Å²) in [5.74, 6) is 0.793. The molecule has 1 atom stereocenters. The topological polar surface area (TPSA) is 83.8 Å². The number of rotatable bonds is 4. The van der Waals surface area contributed by atoms with Crippen molar-refractivity contribution >= 4 is 29.3 Å². The Labute approximate surface area is 133 Å². The lowest BCUT2D eigenvalue weighted by molar-refractivity contribution is 0.343. The highest BCUT2D eigenvalue weighted by Crippen LogP contribution is 2.19. The Morgan fingerprint density at radius 2 is 2.27 bits per heavy atom. The number of aryl methyl sites for hydroxylation is 1. The summed E-state index contributed by atoms with van der Waals surface area (Å²) in [6.07, 6.45) is 6.10. The SMILES string of the molecule is CCc1cnn2c(NCC3=CN(C)C(N)N=C3)cc(Cl)nc12. The first-order chi connectivity index (χ1) is 10.6. The van der Waals surface area contributed by atoms with Gasteiger partial charge in [0.05, 0.1) is 6.20 Å². The third-order valence-corrected chi connectivity index (χ3v) is 3.74. The number of anilines is 1. The van der Waals surface area contributed by atoms with Gasteiger partial charge in [-0.05, 0) is 6.42 Å². The molecule has 0 saturated carbocycles. The highest BCUT2D eigenvalue weighted by atomic mass is 35.5. The van der Waals surface area contributed by atoms with Crippen molar-refractivity contribution in [3.63, 3.8) is 0 Å². The highest BCUT2D eigenvalue weighted by molar-refractivity contribution is 6.29. The maximum absolute atomic E-state index is 6.12. The van der Waals surface area contributed by atoms with Crippen LogP contribution >= 0.6 is 11.6 Å². The van der Waals surface area contributed by atoms with Crippen LogP contribution in [0.3, 0.4) is 0 Å². The van der Waals surface area contributed by atoms with Gasteiger partial charge >= 0.3 is 0 Å². The van der Waals surface area contributed by atoms with Gasteiger partial charge in [-0.25, -0.2) is 4.98 Å². The molecule has 0 aliphatic carbocycles. The molecule has 8 heteroatoms. The van der Waals surface area contributed by atoms with Gasteiger partial charge in [0.1, 0.15) is 11.0 Å². The van der Waals surface area contributed by atoms with Crippen LogP contribution in [0.5, 0.6) is 0 Å². The molecule has 0 amide bonds. The molecule has 0 saturated heterocycles. The summed E-state index contributed by atoms with van der Waals surface area (Å²) >= 11 is 6.12. The van der Waals surface area contributed by atoms with E-state index in [0.29, 0.717) is 11.7 Å². The van der Waals surface area contributed by atoms with E-state index in [0.717, 1.165) is 29.0 Å². The van der Waals surface area contributed by atoms with E-state index >= 15 is 0 Å². The third-order valence-electron chi connectivity index (χ3n) is 3.55. The zero-order valence-corrected chi connectivity index (χ0v) is 13.2. The van der Waals surface area contributed by atoms with Gasteiger partial charge in [0.15, 0.2) is 11.9 Å². The van der Waals surface area contributed by atoms with Gasteiger partial charge in [0, 0.05) is 43.2 Å². The molecular formula is C14H18ClN7. The van der Waals surface area contributed by atoms with Crippen LogP contribution in [-0.4, -0.2) is 45.6 Å². The van der Waals surface area contributed by atoms with Crippen LogP contribution in [0.15, 0.2) is 29.0 Å². The van der Waals surface area contributed by atoms with Crippen LogP contribution in [0.1, 0.15) is 12.5 Å². The number of aromatic nitrogens is 3. The first-order valence-electron chi connectivity index (χ1n) is 7.07. The van der Waals surface area contributed by atoms with Crippen LogP contribution in [0.25, 0.3) is 5.65 Å². The van der Waals surface area contributed by atoms with E-state index in [2.05, 4.69) is 27.3 Å². The molecule has 2 aromatic heterocycles. The predicted octanol–water partition coefficient (Wildman–Crippen LogP) is 1.50. The molecule has 22 heavy (non-hydrogen) atoms. The summed E-state index contributed by atoms with van der Waals surface area (Å²) in [7, 11) is 1.89. The Bertz CT molecular complexity index is 749. The molecule has 1 aliphatic rings. The second-order valence-corrected chi connectivity index (χ2v) is 5.52. The van der Waals surface area contributed by atoms with Crippen molar-refractivity contribution in [2.75, 3.05) is 18.9 Å². The first-order valence-corrected chi connectivity index (χ1v) is 7.44. The summed E-state index contributed by atoms with van der Waals surface area (Å²) in [6, 6.07) is 1.76. The van der Waals surface area contributed by atoms with E-state index in [-0.39, 0.29) is 6.29 Å². The van der Waals surface area contributed by atoms with Crippen molar-refractivity contribution in [1.82, 2.24) is 19.5 Å². The van der Waals surface area contributed by atoms with Crippen molar-refractivity contribution in [2.24, 2.45) is 10.7 Å². The highest BCUT2D eigenvalue weighted by Gasteiger charge is 2.12. The lowest BCUT2D eigenvalue weighted by Crippen LogP contribution is -2.36. The van der Waals surface area contributed by atoms with Crippen LogP contribution in [-0.2, 0) is 6.42 Å². The largest absolute Gasteiger partial charge is 0.366 e. The third kappa shape index (κ3) is 2.77. The lowest BCUT2D eigenvalue weighted by Gasteiger charge is -2.24. The smallest absolute Gasteiger partial charge is 0.172 e. The van der Waals surface area contributed by atoms with E-state index in [1.165, 1.54) is 0 Å². The van der Waals surface area contributed by atoms with Crippen molar-refractivity contribution in [3.8, 4) is 0 Å². The summed E-state index contributed by atoms with van der Waals surface area (Å²) in [6.45, 7) is 2.66. The molecule has 2 aromatic rings. The molecule has 116 valence electrons. The number of halogens is 1. The number of hydrogen-bond acceptors (Lipinski definition) is 6. The average molecular weight is 320 g/mol. The fourth-order valence-corrected chi connectivity index (χ4v) is 2.47. The molecule has 1 aliphatic heterocycles. The van der Waals surface area contributed by atoms with Crippen molar-refractivity contribution in [2.45, 2.75) is 19.6 Å². The van der Waals surface area contributed by atoms with Crippen LogP contribution in [0.2, 0.25) is 5.15 Å². The Kier molecular flexibility index (Phi) is 4.00. The molecule has 3 heterocycles. The number of aliphatic imine (C=N–C) groups is 1. The molecule has 0 aromatic carbocycles. The second-order valence-electron chi connectivity index (χ2n) is 5.14. The second kappa shape index (κ2) is 5.94. The van der Waals surface area contributed by atoms with Gasteiger partial charge in [0.25, 0.3) is 0 Å². The number of nitrogens with one attached hydrogen (secondary N) is 1. The zero-order chi connectivity index (χ0) is 15.7. The molecule has 3 rings (SSSR count). The van der Waals surface area contributed by atoms with E-state index in [9.17, 15) is 0 Å². The Hall–Kier alpha value is -2.12. The monoisotopic (exact) mass is 319 g/mol. The minimum absolute atomic E-state index is 0.316. The number of fused-ring (bicyclic) bond motifs is 1. The number of hydrogen-bond donors (Lipinski definition) is 2. The molecule has 0 spiro atoms. The first kappa shape index (κ1) is 14.8. The summed E-state index contributed by atoms with van der Waals surface area (Å²) in [4.78, 5) is 10.4. The van der Waals surface area contributed by atoms with Crippen LogP contribution < -0.4 is 11.1 Å². The minimum atomic E-state index is -0.316. The van der Waals surface area contributed by atoms with E-state index < -0.39 is 0 Å². The van der Waals surface area contributed by atoms with E-state index in [1.807, 2.05) is 24.3 Å². The van der Waals surface area contributed by atoms with Crippen LogP contribution in [0.4, 0.5) is 5.82 Å². The minimum Gasteiger partial charge on any atom is -0.366 e. The molecule has 7 nitrogen and oxygen atoms in total. The Balaban J connectivity index is 1.84. The van der Waals surface area contributed by atoms with Gasteiger partial charge in [-0.1, -0.05) is 18.5 Å². The lowest BCUT2D eigenvalue weighted by atomic mass is 10.2. The maximum Gasteiger partial charge on any atom is 0.172 e. The standard InChI is InChI=1S/C14H18ClN7/c1-3-10-7-19-22-12(4-11(15)20-13(10)22)17-5-9-6-18-14(16)21(2)8-9/h4,6-8,14,17H,3,5,16H2,1-2H3. The van der Waals surface area contributed by atoms with E-state index in [1.54, 1.807) is 16.8 Å². The van der Waals surface area contributed by atoms with Gasteiger partial charge in [0.2, 0.25) is 0 Å². The molecule has 3 N–H and O–H groups in total. The van der Waals surface area contributed by atoms with Gasteiger partial charge < -0.3 is 10.2 Å². The summed E-state index contributed by atoms with van der Waals surface area (Å²) < 4.78 is 1.76. The molecule has 0 bridgehead atoms. The van der Waals surface area contributed by atoms with Crippen molar-refractivity contribution in [3.05, 3.63) is 34.8 Å². The van der Waals surface area contributed by atoms with Crippen molar-refractivity contribution < 1.29 is 0 Å². The van der Waals surface area contributed by atoms with Gasteiger partial charge in [-0.15, -0.1) is 0 Å². The molecule has 0 radical (unpaired) electrons. The normalized spacial score (nSPS) is 17.9. The fraction of sp³-hybridized carbons (Fsp3) is 0.357. The maximum atomic E-state index is 6.12. The number of nitrogens with zero attached hydrogens (tertiary/aromatic N) is 5. The Morgan fingerprint density at radius 1 is 1.45 bits per heavy atom. The molecule has 1 unspecified atom stereocenters. The summed E-state index contributed by atoms with van der Waals surface area (Å²) in [5, 5.41) is 8.13. The van der Waals surface area contributed by atoms with E-state index in [4.69, 9.17) is 17.3 Å². The predicted molar refractivity (Wildman–Crippen MR) is 88.2 cm³/mol. The average Bonchev–Trinajstić information content (AvgIpc) is 2.91. The quantitative estimate of drug-likeness (QED) is 0.834. The fourth-order valence-electron chi connectivity index (χ4n) is 2.29. The molecular weight excluding hydrogens is 302 g/mol. The van der Waals surface area contributed by atoms with Crippen LogP contribution in [0, 0.1) is 0 Å². The van der Waals surface area contributed by atoms with Gasteiger partial charge in [-0.3, -0.25) is 10.7 Å².